The minimum atomic E-state index is -0.148. The molecule has 7 heteroatoms. The van der Waals surface area contributed by atoms with E-state index in [0.717, 1.165) is 15.0 Å². The lowest BCUT2D eigenvalue weighted by molar-refractivity contribution is -0.116. The zero-order valence-corrected chi connectivity index (χ0v) is 12.9. The molecule has 0 aliphatic heterocycles. The molecule has 1 aromatic carbocycles. The van der Waals surface area contributed by atoms with Crippen LogP contribution in [0.5, 0.6) is 0 Å². The summed E-state index contributed by atoms with van der Waals surface area (Å²) in [5.41, 5.74) is 1.55. The molecule has 2 N–H and O–H groups in total. The van der Waals surface area contributed by atoms with E-state index in [9.17, 15) is 4.79 Å². The van der Waals surface area contributed by atoms with Gasteiger partial charge in [-0.05, 0) is 53.6 Å². The first-order valence-corrected chi connectivity index (χ1v) is 7.30. The number of aliphatic hydroxyl groups is 1. The Bertz CT molecular complexity index is 585. The van der Waals surface area contributed by atoms with Gasteiger partial charge < -0.3 is 10.4 Å². The summed E-state index contributed by atoms with van der Waals surface area (Å²) in [5.74, 6) is -0.148. The second-order valence-corrected chi connectivity index (χ2v) is 5.54. The highest BCUT2D eigenvalue weighted by Gasteiger charge is 2.06. The molecular weight excluding hydrogens is 371 g/mol. The van der Waals surface area contributed by atoms with Crippen LogP contribution in [0.15, 0.2) is 30.5 Å². The number of rotatable bonds is 6. The summed E-state index contributed by atoms with van der Waals surface area (Å²) < 4.78 is 2.56. The van der Waals surface area contributed by atoms with Gasteiger partial charge in [-0.2, -0.15) is 0 Å². The van der Waals surface area contributed by atoms with Crippen molar-refractivity contribution in [2.24, 2.45) is 0 Å². The summed E-state index contributed by atoms with van der Waals surface area (Å²) in [6.45, 7) is 0.248. The summed E-state index contributed by atoms with van der Waals surface area (Å²) in [7, 11) is 0. The lowest BCUT2D eigenvalue weighted by Crippen LogP contribution is -2.19. The van der Waals surface area contributed by atoms with Gasteiger partial charge in [-0.1, -0.05) is 11.3 Å². The lowest BCUT2D eigenvalue weighted by atomic mass is 10.3. The molecule has 20 heavy (non-hydrogen) atoms. The summed E-state index contributed by atoms with van der Waals surface area (Å²) in [5, 5.41) is 19.4. The standard InChI is InChI=1S/C13H15IN4O2/c14-10-3-1-4-11(7-10)15-13(20)9-18-8-12(16-17-18)5-2-6-19/h1,3-4,7-8,19H,2,5-6,9H2,(H,15,20). The molecule has 0 aliphatic carbocycles. The van der Waals surface area contributed by atoms with Crippen LogP contribution in [-0.2, 0) is 17.8 Å². The average Bonchev–Trinajstić information content (AvgIpc) is 2.83. The number of hydrogen-bond acceptors (Lipinski definition) is 4. The van der Waals surface area contributed by atoms with Crippen LogP contribution in [0.2, 0.25) is 0 Å². The van der Waals surface area contributed by atoms with Gasteiger partial charge in [-0.25, -0.2) is 4.68 Å². The number of nitrogens with zero attached hydrogens (tertiary/aromatic N) is 3. The quantitative estimate of drug-likeness (QED) is 0.737. The molecule has 2 aromatic rings. The molecule has 0 atom stereocenters. The molecule has 1 heterocycles. The normalized spacial score (nSPS) is 10.5. The van der Waals surface area contributed by atoms with Gasteiger partial charge in [0.05, 0.1) is 5.69 Å². The smallest absolute Gasteiger partial charge is 0.246 e. The Kier molecular flexibility index (Phi) is 5.48. The Morgan fingerprint density at radius 1 is 1.45 bits per heavy atom. The maximum absolute atomic E-state index is 11.9. The first kappa shape index (κ1) is 14.9. The van der Waals surface area contributed by atoms with E-state index in [1.54, 1.807) is 6.20 Å². The van der Waals surface area contributed by atoms with Crippen molar-refractivity contribution in [2.75, 3.05) is 11.9 Å². The molecule has 6 nitrogen and oxygen atoms in total. The third kappa shape index (κ3) is 4.57. The van der Waals surface area contributed by atoms with Crippen LogP contribution in [-0.4, -0.2) is 32.6 Å². The van der Waals surface area contributed by atoms with Gasteiger partial charge in [0.15, 0.2) is 0 Å². The van der Waals surface area contributed by atoms with E-state index < -0.39 is 0 Å². The van der Waals surface area contributed by atoms with Gasteiger partial charge in [0.25, 0.3) is 0 Å². The second kappa shape index (κ2) is 7.34. The van der Waals surface area contributed by atoms with Gasteiger partial charge >= 0.3 is 0 Å². The Balaban J connectivity index is 1.89. The van der Waals surface area contributed by atoms with Crippen molar-refractivity contribution < 1.29 is 9.90 Å². The van der Waals surface area contributed by atoms with Gasteiger partial charge in [0, 0.05) is 22.1 Å². The molecule has 2 rings (SSSR count). The molecule has 0 spiro atoms. The maximum Gasteiger partial charge on any atom is 0.246 e. The van der Waals surface area contributed by atoms with Crippen molar-refractivity contribution in [1.29, 1.82) is 0 Å². The van der Waals surface area contributed by atoms with Crippen LogP contribution >= 0.6 is 22.6 Å². The van der Waals surface area contributed by atoms with Crippen molar-refractivity contribution in [3.63, 3.8) is 0 Å². The minimum Gasteiger partial charge on any atom is -0.396 e. The number of amides is 1. The van der Waals surface area contributed by atoms with E-state index in [1.165, 1.54) is 4.68 Å². The van der Waals surface area contributed by atoms with Gasteiger partial charge in [-0.3, -0.25) is 4.79 Å². The van der Waals surface area contributed by atoms with Crippen LogP contribution in [0.3, 0.4) is 0 Å². The predicted octanol–water partition coefficient (Wildman–Crippen LogP) is 1.45. The molecule has 0 aliphatic rings. The molecule has 1 aromatic heterocycles. The number of halogens is 1. The second-order valence-electron chi connectivity index (χ2n) is 4.29. The SMILES string of the molecule is O=C(Cn1cc(CCCO)nn1)Nc1cccc(I)c1. The summed E-state index contributed by atoms with van der Waals surface area (Å²) in [6.07, 6.45) is 3.03. The highest BCUT2D eigenvalue weighted by Crippen LogP contribution is 2.12. The molecular formula is C13H15IN4O2. The van der Waals surface area contributed by atoms with Gasteiger partial charge in [0.2, 0.25) is 5.91 Å². The summed E-state index contributed by atoms with van der Waals surface area (Å²) in [4.78, 5) is 11.9. The number of aromatic nitrogens is 3. The van der Waals surface area contributed by atoms with Crippen molar-refractivity contribution in [3.8, 4) is 0 Å². The van der Waals surface area contributed by atoms with Crippen LogP contribution in [0.4, 0.5) is 5.69 Å². The van der Waals surface area contributed by atoms with Crippen molar-refractivity contribution in [2.45, 2.75) is 19.4 Å². The van der Waals surface area contributed by atoms with E-state index in [1.807, 2.05) is 24.3 Å². The zero-order valence-electron chi connectivity index (χ0n) is 10.8. The molecule has 0 unspecified atom stereocenters. The van der Waals surface area contributed by atoms with Crippen LogP contribution in [0.1, 0.15) is 12.1 Å². The Morgan fingerprint density at radius 3 is 3.05 bits per heavy atom. The van der Waals surface area contributed by atoms with Crippen LogP contribution in [0.25, 0.3) is 0 Å². The molecule has 0 radical (unpaired) electrons. The number of benzene rings is 1. The predicted molar refractivity (Wildman–Crippen MR) is 83.2 cm³/mol. The third-order valence-corrected chi connectivity index (χ3v) is 3.26. The maximum atomic E-state index is 11.9. The summed E-state index contributed by atoms with van der Waals surface area (Å²) in [6, 6.07) is 7.58. The van der Waals surface area contributed by atoms with Gasteiger partial charge in [-0.15, -0.1) is 5.10 Å². The number of nitrogens with one attached hydrogen (secondary N) is 1. The third-order valence-electron chi connectivity index (χ3n) is 2.59. The van der Waals surface area contributed by atoms with E-state index in [-0.39, 0.29) is 19.1 Å². The fourth-order valence-electron chi connectivity index (χ4n) is 1.70. The van der Waals surface area contributed by atoms with E-state index in [4.69, 9.17) is 5.11 Å². The lowest BCUT2D eigenvalue weighted by Gasteiger charge is -2.05. The Labute approximate surface area is 130 Å². The first-order chi connectivity index (χ1) is 9.67. The van der Waals surface area contributed by atoms with Gasteiger partial charge in [0.1, 0.15) is 6.54 Å². The minimum absolute atomic E-state index is 0.123. The number of carbonyl (C=O) groups is 1. The molecule has 1 amide bonds. The van der Waals surface area contributed by atoms with Crippen LogP contribution in [0, 0.1) is 3.57 Å². The number of aliphatic hydroxyl groups excluding tert-OH is 1. The van der Waals surface area contributed by atoms with Crippen LogP contribution < -0.4 is 5.32 Å². The molecule has 0 saturated heterocycles. The fourth-order valence-corrected chi connectivity index (χ4v) is 2.25. The monoisotopic (exact) mass is 386 g/mol. The number of hydrogen-bond donors (Lipinski definition) is 2. The van der Waals surface area contributed by atoms with Crippen molar-refractivity contribution in [3.05, 3.63) is 39.7 Å². The van der Waals surface area contributed by atoms with E-state index >= 15 is 0 Å². The molecule has 106 valence electrons. The average molecular weight is 386 g/mol. The highest BCUT2D eigenvalue weighted by molar-refractivity contribution is 14.1. The zero-order chi connectivity index (χ0) is 14.4. The first-order valence-electron chi connectivity index (χ1n) is 6.22. The highest BCUT2D eigenvalue weighted by atomic mass is 127. The van der Waals surface area contributed by atoms with Crippen molar-refractivity contribution in [1.82, 2.24) is 15.0 Å². The summed E-state index contributed by atoms with van der Waals surface area (Å²) >= 11 is 2.19. The molecule has 0 fully saturated rings. The van der Waals surface area contributed by atoms with Crippen molar-refractivity contribution >= 4 is 34.2 Å². The van der Waals surface area contributed by atoms with E-state index in [0.29, 0.717) is 12.8 Å². The Hall–Kier alpha value is -1.48. The molecule has 0 bridgehead atoms. The number of aryl methyl sites for hydroxylation is 1. The number of carbonyl (C=O) groups excluding carboxylic acids is 1. The molecule has 0 saturated carbocycles. The Morgan fingerprint density at radius 2 is 2.30 bits per heavy atom. The fraction of sp³-hybridized carbons (Fsp3) is 0.308. The van der Waals surface area contributed by atoms with E-state index in [2.05, 4.69) is 38.2 Å². The largest absolute Gasteiger partial charge is 0.396 e. The topological polar surface area (TPSA) is 80.0 Å². The number of anilines is 1.